The van der Waals surface area contributed by atoms with Crippen LogP contribution in [-0.2, 0) is 6.18 Å². The lowest BCUT2D eigenvalue weighted by molar-refractivity contribution is -0.143. The van der Waals surface area contributed by atoms with E-state index in [1.165, 1.54) is 6.42 Å². The molecule has 3 rings (SSSR count). The van der Waals surface area contributed by atoms with Crippen LogP contribution < -0.4 is 5.32 Å². The number of likely N-dealkylation sites (tertiary alicyclic amines) is 1. The van der Waals surface area contributed by atoms with Crippen LogP contribution in [0.5, 0.6) is 0 Å². The minimum atomic E-state index is -4.70. The van der Waals surface area contributed by atoms with E-state index < -0.39 is 23.3 Å². The largest absolute Gasteiger partial charge is 0.434 e. The fraction of sp³-hybridized carbons (Fsp3) is 0.565. The molecule has 0 aliphatic carbocycles. The molecule has 1 aromatic heterocycles. The van der Waals surface area contributed by atoms with Gasteiger partial charge in [0.2, 0.25) is 0 Å². The van der Waals surface area contributed by atoms with Gasteiger partial charge in [0.25, 0.3) is 5.91 Å². The number of amides is 1. The first-order valence-electron chi connectivity index (χ1n) is 10.9. The predicted molar refractivity (Wildman–Crippen MR) is 114 cm³/mol. The Hall–Kier alpha value is -2.35. The summed E-state index contributed by atoms with van der Waals surface area (Å²) in [5.41, 5.74) is -0.310. The molecule has 0 spiro atoms. The molecule has 0 bridgehead atoms. The highest BCUT2D eigenvalue weighted by Gasteiger charge is 2.40. The number of halogens is 3. The summed E-state index contributed by atoms with van der Waals surface area (Å²) in [4.78, 5) is 14.9. The van der Waals surface area contributed by atoms with Crippen LogP contribution in [0.15, 0.2) is 30.5 Å². The smallest absolute Gasteiger partial charge is 0.352 e. The van der Waals surface area contributed by atoms with Crippen molar-refractivity contribution in [2.24, 2.45) is 11.8 Å². The Morgan fingerprint density at radius 2 is 1.77 bits per heavy atom. The third-order valence-electron chi connectivity index (χ3n) is 5.69. The van der Waals surface area contributed by atoms with E-state index in [4.69, 9.17) is 0 Å². The highest BCUT2D eigenvalue weighted by Crippen LogP contribution is 2.33. The molecule has 2 heterocycles. The molecule has 5 nitrogen and oxygen atoms in total. The Labute approximate surface area is 181 Å². The molecule has 0 unspecified atom stereocenters. The molecule has 1 aromatic carbocycles. The second-order valence-electron chi connectivity index (χ2n) is 8.82. The summed E-state index contributed by atoms with van der Waals surface area (Å²) in [5, 5.41) is 6.48. The van der Waals surface area contributed by atoms with Gasteiger partial charge in [-0.15, -0.1) is 0 Å². The summed E-state index contributed by atoms with van der Waals surface area (Å²) < 4.78 is 42.0. The van der Waals surface area contributed by atoms with E-state index in [2.05, 4.69) is 29.2 Å². The number of carbonyl (C=O) groups is 1. The molecule has 0 radical (unpaired) electrons. The lowest BCUT2D eigenvalue weighted by atomic mass is 9.92. The summed E-state index contributed by atoms with van der Waals surface area (Å²) in [5.74, 6) is 0.634. The summed E-state index contributed by atoms with van der Waals surface area (Å²) >= 11 is 0. The normalized spacial score (nSPS) is 20.1. The van der Waals surface area contributed by atoms with Crippen LogP contribution in [-0.4, -0.2) is 46.8 Å². The van der Waals surface area contributed by atoms with Crippen LogP contribution in [0.25, 0.3) is 5.69 Å². The molecule has 1 saturated heterocycles. The maximum Gasteiger partial charge on any atom is 0.434 e. The van der Waals surface area contributed by atoms with Crippen molar-refractivity contribution in [3.05, 3.63) is 47.3 Å². The quantitative estimate of drug-likeness (QED) is 0.641. The van der Waals surface area contributed by atoms with Crippen molar-refractivity contribution < 1.29 is 18.0 Å². The number of hydrogen-bond acceptors (Lipinski definition) is 3. The topological polar surface area (TPSA) is 50.2 Å². The zero-order chi connectivity index (χ0) is 22.6. The van der Waals surface area contributed by atoms with Gasteiger partial charge >= 0.3 is 6.18 Å². The number of carbonyl (C=O) groups excluding carboxylic acids is 1. The highest BCUT2D eigenvalue weighted by molar-refractivity contribution is 5.95. The molecule has 0 saturated carbocycles. The van der Waals surface area contributed by atoms with Crippen molar-refractivity contribution in [3.8, 4) is 5.69 Å². The minimum absolute atomic E-state index is 0.266. The lowest BCUT2D eigenvalue weighted by Crippen LogP contribution is -2.39. The average molecular weight is 437 g/mol. The van der Waals surface area contributed by atoms with Crippen molar-refractivity contribution in [3.63, 3.8) is 0 Å². The minimum Gasteiger partial charge on any atom is -0.352 e. The monoisotopic (exact) mass is 436 g/mol. The molecule has 1 aliphatic heterocycles. The van der Waals surface area contributed by atoms with Gasteiger partial charge in [0.15, 0.2) is 5.69 Å². The van der Waals surface area contributed by atoms with E-state index in [0.29, 0.717) is 18.4 Å². The molecule has 1 N–H and O–H groups in total. The molecule has 1 aliphatic rings. The van der Waals surface area contributed by atoms with Gasteiger partial charge in [-0.1, -0.05) is 31.5 Å². The number of rotatable bonds is 7. The number of aromatic nitrogens is 2. The predicted octanol–water partition coefficient (Wildman–Crippen LogP) is 4.69. The third-order valence-corrected chi connectivity index (χ3v) is 5.69. The van der Waals surface area contributed by atoms with Crippen LogP contribution >= 0.6 is 0 Å². The van der Waals surface area contributed by atoms with E-state index in [-0.39, 0.29) is 5.69 Å². The standard InChI is InChI=1S/C23H31F3N4O/c1-16-6-8-19(9-7-16)30-21(23(24,25)26)20(13-28-30)22(31)27-10-4-5-11-29-14-17(2)12-18(3)15-29/h6-9,13,17-18H,4-5,10-12,14-15H2,1-3H3,(H,27,31)/t17-,18-/m0/s1. The molecule has 1 fully saturated rings. The van der Waals surface area contributed by atoms with E-state index >= 15 is 0 Å². The summed E-state index contributed by atoms with van der Waals surface area (Å²) in [6.45, 7) is 9.83. The van der Waals surface area contributed by atoms with E-state index in [1.54, 1.807) is 24.3 Å². The molecule has 2 atom stereocenters. The number of nitrogens with one attached hydrogen (secondary N) is 1. The fourth-order valence-electron chi connectivity index (χ4n) is 4.40. The van der Waals surface area contributed by atoms with Crippen LogP contribution in [0.1, 0.15) is 54.7 Å². The van der Waals surface area contributed by atoms with Gasteiger partial charge < -0.3 is 10.2 Å². The summed E-state index contributed by atoms with van der Waals surface area (Å²) in [7, 11) is 0. The van der Waals surface area contributed by atoms with Crippen molar-refractivity contribution in [2.45, 2.75) is 46.2 Å². The number of aryl methyl sites for hydroxylation is 1. The first-order valence-corrected chi connectivity index (χ1v) is 10.9. The fourth-order valence-corrected chi connectivity index (χ4v) is 4.40. The maximum atomic E-state index is 13.7. The van der Waals surface area contributed by atoms with Crippen molar-refractivity contribution in [1.29, 1.82) is 0 Å². The number of nitrogens with zero attached hydrogens (tertiary/aromatic N) is 3. The van der Waals surface area contributed by atoms with Crippen LogP contribution in [0, 0.1) is 18.8 Å². The highest BCUT2D eigenvalue weighted by atomic mass is 19.4. The van der Waals surface area contributed by atoms with Gasteiger partial charge in [0.05, 0.1) is 17.4 Å². The number of benzene rings is 1. The van der Waals surface area contributed by atoms with E-state index in [0.717, 1.165) is 48.9 Å². The maximum absolute atomic E-state index is 13.7. The second-order valence-corrected chi connectivity index (χ2v) is 8.82. The number of piperidine rings is 1. The van der Waals surface area contributed by atoms with Gasteiger partial charge in [-0.3, -0.25) is 4.79 Å². The van der Waals surface area contributed by atoms with Gasteiger partial charge in [-0.25, -0.2) is 4.68 Å². The SMILES string of the molecule is Cc1ccc(-n2ncc(C(=O)NCCCCN3C[C@@H](C)C[C@H](C)C3)c2C(F)(F)F)cc1. The van der Waals surface area contributed by atoms with Crippen LogP contribution in [0.4, 0.5) is 13.2 Å². The number of alkyl halides is 3. The average Bonchev–Trinajstić information content (AvgIpc) is 3.13. The molecule has 31 heavy (non-hydrogen) atoms. The summed E-state index contributed by atoms with van der Waals surface area (Å²) in [6.07, 6.45) is -0.832. The number of hydrogen-bond donors (Lipinski definition) is 1. The van der Waals surface area contributed by atoms with Crippen molar-refractivity contribution >= 4 is 5.91 Å². The first-order chi connectivity index (χ1) is 14.6. The Bertz CT molecular complexity index is 866. The Balaban J connectivity index is 1.58. The zero-order valence-electron chi connectivity index (χ0n) is 18.4. The van der Waals surface area contributed by atoms with Gasteiger partial charge in [0, 0.05) is 19.6 Å². The Kier molecular flexibility index (Phi) is 7.41. The second kappa shape index (κ2) is 9.85. The molecule has 8 heteroatoms. The lowest BCUT2D eigenvalue weighted by Gasteiger charge is -2.34. The first kappa shape index (κ1) is 23.3. The van der Waals surface area contributed by atoms with Gasteiger partial charge in [-0.2, -0.15) is 18.3 Å². The molecular formula is C23H31F3N4O. The Morgan fingerprint density at radius 1 is 1.13 bits per heavy atom. The van der Waals surface area contributed by atoms with Gasteiger partial charge in [-0.05, 0) is 56.7 Å². The Morgan fingerprint density at radius 3 is 2.39 bits per heavy atom. The van der Waals surface area contributed by atoms with Crippen molar-refractivity contribution in [2.75, 3.05) is 26.2 Å². The molecule has 1 amide bonds. The van der Waals surface area contributed by atoms with Gasteiger partial charge in [0.1, 0.15) is 0 Å². The summed E-state index contributed by atoms with van der Waals surface area (Å²) in [6, 6.07) is 6.53. The number of unbranched alkanes of at least 4 members (excludes halogenated alkanes) is 1. The van der Waals surface area contributed by atoms with E-state index in [9.17, 15) is 18.0 Å². The molecule has 2 aromatic rings. The van der Waals surface area contributed by atoms with Crippen molar-refractivity contribution in [1.82, 2.24) is 20.0 Å². The molecular weight excluding hydrogens is 405 g/mol. The van der Waals surface area contributed by atoms with Crippen LogP contribution in [0.2, 0.25) is 0 Å². The molecule has 170 valence electrons. The zero-order valence-corrected chi connectivity index (χ0v) is 18.4. The third kappa shape index (κ3) is 6.09. The van der Waals surface area contributed by atoms with Crippen LogP contribution in [0.3, 0.4) is 0 Å². The van der Waals surface area contributed by atoms with E-state index in [1.807, 2.05) is 6.92 Å².